The number of nitrogens with one attached hydrogen (secondary N) is 6. The molecule has 6 rings (SSSR count). The lowest BCUT2D eigenvalue weighted by atomic mass is 9.85. The summed E-state index contributed by atoms with van der Waals surface area (Å²) in [6.45, 7) is 15.1. The van der Waals surface area contributed by atoms with Crippen LogP contribution in [0, 0.1) is 22.7 Å². The van der Waals surface area contributed by atoms with E-state index in [2.05, 4.69) is 63.7 Å². The van der Waals surface area contributed by atoms with Gasteiger partial charge in [0.15, 0.2) is 13.2 Å². The Hall–Kier alpha value is -7.38. The summed E-state index contributed by atoms with van der Waals surface area (Å²) in [7, 11) is 6.26. The Morgan fingerprint density at radius 2 is 1.00 bits per heavy atom. The second-order valence-corrected chi connectivity index (χ2v) is 20.4. The average Bonchev–Trinajstić information content (AvgIpc) is 4.08. The fourth-order valence-electron chi connectivity index (χ4n) is 8.66. The Morgan fingerprint density at radius 3 is 1.34 bits per heavy atom. The normalized spacial score (nSPS) is 17.3. The van der Waals surface area contributed by atoms with Gasteiger partial charge >= 0.3 is 0 Å². The molecule has 0 bridgehead atoms. The Balaban J connectivity index is 1.12. The molecule has 22 heteroatoms. The molecule has 0 saturated carbocycles. The van der Waals surface area contributed by atoms with Crippen molar-refractivity contribution < 1.29 is 47.7 Å². The maximum absolute atomic E-state index is 14.0. The van der Waals surface area contributed by atoms with Crippen LogP contribution in [0.2, 0.25) is 0 Å². The smallest absolute Gasteiger partial charge is 0.247 e. The number of carbonyl (C=O) groups is 6. The van der Waals surface area contributed by atoms with Gasteiger partial charge in [0.2, 0.25) is 47.2 Å². The van der Waals surface area contributed by atoms with Gasteiger partial charge in [-0.15, -0.1) is 0 Å². The van der Waals surface area contributed by atoms with E-state index in [0.29, 0.717) is 83.5 Å². The summed E-state index contributed by atoms with van der Waals surface area (Å²) in [6, 6.07) is 2.20. The molecule has 0 spiro atoms. The van der Waals surface area contributed by atoms with E-state index in [0.717, 1.165) is 0 Å². The van der Waals surface area contributed by atoms with Crippen LogP contribution in [0.1, 0.15) is 81.1 Å². The zero-order chi connectivity index (χ0) is 54.1. The van der Waals surface area contributed by atoms with Gasteiger partial charge in [0.1, 0.15) is 48.3 Å². The number of likely N-dealkylation sites (tertiary alicyclic amines) is 2. The van der Waals surface area contributed by atoms with Gasteiger partial charge in [-0.2, -0.15) is 0 Å². The Morgan fingerprint density at radius 1 is 0.622 bits per heavy atom. The number of aromatic nitrogens is 4. The zero-order valence-corrected chi connectivity index (χ0v) is 44.4. The number of likely N-dealkylation sites (N-methyl/N-ethyl adjacent to an activating group) is 2. The molecule has 6 amide bonds. The highest BCUT2D eigenvalue weighted by Crippen LogP contribution is 2.36. The Bertz CT molecular complexity index is 2620. The predicted molar refractivity (Wildman–Crippen MR) is 277 cm³/mol. The minimum absolute atomic E-state index is 0.0998. The number of fused-ring (bicyclic) bond motifs is 2. The molecule has 2 saturated heterocycles. The molecule has 22 nitrogen and oxygen atoms in total. The fourth-order valence-corrected chi connectivity index (χ4v) is 8.66. The topological polar surface area (TPSA) is 270 Å². The molecule has 0 aliphatic carbocycles. The van der Waals surface area contributed by atoms with Crippen molar-refractivity contribution in [1.29, 1.82) is 0 Å². The summed E-state index contributed by atoms with van der Waals surface area (Å²) >= 11 is 0. The number of anilines is 2. The van der Waals surface area contributed by atoms with E-state index in [1.165, 1.54) is 36.7 Å². The van der Waals surface area contributed by atoms with Gasteiger partial charge in [-0.3, -0.25) is 28.8 Å². The van der Waals surface area contributed by atoms with E-state index in [1.54, 1.807) is 52.2 Å². The van der Waals surface area contributed by atoms with Crippen LogP contribution in [0.3, 0.4) is 0 Å². The van der Waals surface area contributed by atoms with Crippen LogP contribution in [-0.4, -0.2) is 156 Å². The molecule has 0 unspecified atom stereocenters. The van der Waals surface area contributed by atoms with Crippen LogP contribution in [0.5, 0.6) is 23.3 Å². The third kappa shape index (κ3) is 13.0. The first-order valence-electron chi connectivity index (χ1n) is 24.7. The summed E-state index contributed by atoms with van der Waals surface area (Å²) in [6.07, 6.45) is 4.73. The quantitative estimate of drug-likeness (QED) is 0.0782. The van der Waals surface area contributed by atoms with E-state index in [1.807, 2.05) is 41.5 Å². The lowest BCUT2D eigenvalue weighted by Gasteiger charge is -2.36. The van der Waals surface area contributed by atoms with Crippen molar-refractivity contribution in [3.05, 3.63) is 36.9 Å². The van der Waals surface area contributed by atoms with Crippen LogP contribution in [0.4, 0.5) is 11.4 Å². The molecule has 6 atom stereocenters. The SMILES string of the molecule is CN[C@@H](C)C(=O)N[C@H](C(=O)N1CCC[C@H]1C(=O)Nc1cc2c(OCC#CCOc3ncnc4cc(OC)c(NC(=O)[C@@H]5CCCN5C(=O)[C@@H](NC(=O)[C@H](C)NC)C(C)(C)C)cc34)ncnc2cc1OC)C(C)(C)C. The lowest BCUT2D eigenvalue weighted by molar-refractivity contribution is -0.143. The number of nitrogens with zero attached hydrogens (tertiary/aromatic N) is 6. The monoisotopic (exact) mass is 1020 g/mol. The van der Waals surface area contributed by atoms with Gasteiger partial charge in [0.05, 0.1) is 59.5 Å². The Kier molecular flexibility index (Phi) is 18.2. The highest BCUT2D eigenvalue weighted by atomic mass is 16.5. The Labute approximate surface area is 431 Å². The minimum atomic E-state index is -0.869. The molecule has 2 aromatic heterocycles. The molecule has 398 valence electrons. The highest BCUT2D eigenvalue weighted by molar-refractivity contribution is 6.03. The molecule has 2 aromatic carbocycles. The largest absolute Gasteiger partial charge is 0.494 e. The van der Waals surface area contributed by atoms with E-state index in [-0.39, 0.29) is 48.6 Å². The standard InChI is InChI=1S/C52H70N12O10/c1-29(53-9)43(65)61-41(51(3,4)5)49(69)63-19-15-17-37(63)45(67)59-35-23-31-33(25-39(35)71-11)55-27-57-47(31)73-21-13-14-22-74-48-32-24-36(40(72-12)26-34(32)56-28-58-48)60-46(68)38-18-16-20-64(38)50(70)42(52(6,7)8)62-44(66)30(2)54-10/h23-30,37-38,41-42,53-54H,15-22H2,1-12H3,(H,59,67)(H,60,68)(H,61,65)(H,62,66)/t29-,30-,37-,38-,41+,42+/m0/s1. The second kappa shape index (κ2) is 24.1. The summed E-state index contributed by atoms with van der Waals surface area (Å²) in [5.41, 5.74) is 0.307. The summed E-state index contributed by atoms with van der Waals surface area (Å²) in [5, 5.41) is 18.4. The maximum atomic E-state index is 14.0. The van der Waals surface area contributed by atoms with Crippen molar-refractivity contribution in [3.8, 4) is 35.1 Å². The van der Waals surface area contributed by atoms with Crippen molar-refractivity contribution in [2.75, 3.05) is 65.3 Å². The van der Waals surface area contributed by atoms with Crippen molar-refractivity contribution in [3.63, 3.8) is 0 Å². The van der Waals surface area contributed by atoms with Gasteiger partial charge in [0, 0.05) is 25.2 Å². The lowest BCUT2D eigenvalue weighted by Crippen LogP contribution is -2.59. The molecule has 74 heavy (non-hydrogen) atoms. The summed E-state index contributed by atoms with van der Waals surface area (Å²) in [5.74, 6) is 4.71. The molecular weight excluding hydrogens is 953 g/mol. The average molecular weight is 1020 g/mol. The van der Waals surface area contributed by atoms with Crippen molar-refractivity contribution >= 4 is 68.6 Å². The van der Waals surface area contributed by atoms with Gasteiger partial charge in [-0.25, -0.2) is 19.9 Å². The van der Waals surface area contributed by atoms with E-state index < -0.39 is 58.9 Å². The minimum Gasteiger partial charge on any atom is -0.494 e. The number of amides is 6. The molecule has 2 aliphatic rings. The molecule has 2 aliphatic heterocycles. The molecular formula is C52H70N12O10. The van der Waals surface area contributed by atoms with E-state index in [9.17, 15) is 28.8 Å². The first-order valence-corrected chi connectivity index (χ1v) is 24.7. The third-order valence-corrected chi connectivity index (χ3v) is 13.2. The number of benzene rings is 2. The highest BCUT2D eigenvalue weighted by Gasteiger charge is 2.44. The van der Waals surface area contributed by atoms with Crippen LogP contribution in [0.15, 0.2) is 36.9 Å². The van der Waals surface area contributed by atoms with Crippen molar-refractivity contribution in [1.82, 2.24) is 51.0 Å². The molecule has 4 aromatic rings. The van der Waals surface area contributed by atoms with E-state index >= 15 is 0 Å². The summed E-state index contributed by atoms with van der Waals surface area (Å²) in [4.78, 5) is 102. The maximum Gasteiger partial charge on any atom is 0.247 e. The number of ether oxygens (including phenoxy) is 4. The third-order valence-electron chi connectivity index (χ3n) is 13.2. The first-order chi connectivity index (χ1) is 35.1. The van der Waals surface area contributed by atoms with Crippen LogP contribution in [-0.2, 0) is 28.8 Å². The van der Waals surface area contributed by atoms with Crippen molar-refractivity contribution in [2.24, 2.45) is 10.8 Å². The van der Waals surface area contributed by atoms with Gasteiger partial charge in [0.25, 0.3) is 0 Å². The van der Waals surface area contributed by atoms with Gasteiger partial charge in [-0.05, 0) is 76.6 Å². The number of methoxy groups -OCH3 is 2. The number of hydrogen-bond donors (Lipinski definition) is 6. The molecule has 0 radical (unpaired) electrons. The summed E-state index contributed by atoms with van der Waals surface area (Å²) < 4.78 is 23.3. The number of carbonyl (C=O) groups excluding carboxylic acids is 6. The fraction of sp³-hybridized carbons (Fsp3) is 0.538. The predicted octanol–water partition coefficient (Wildman–Crippen LogP) is 3.19. The first kappa shape index (κ1) is 55.9. The molecule has 6 N–H and O–H groups in total. The van der Waals surface area contributed by atoms with Crippen molar-refractivity contribution in [2.45, 2.75) is 117 Å². The van der Waals surface area contributed by atoms with Crippen LogP contribution < -0.4 is 50.8 Å². The van der Waals surface area contributed by atoms with Gasteiger partial charge < -0.3 is 60.6 Å². The molecule has 2 fully saturated rings. The van der Waals surface area contributed by atoms with Crippen LogP contribution >= 0.6 is 0 Å². The molecule has 4 heterocycles. The number of rotatable bonds is 18. The van der Waals surface area contributed by atoms with Crippen LogP contribution in [0.25, 0.3) is 21.8 Å². The number of hydrogen-bond acceptors (Lipinski definition) is 16. The van der Waals surface area contributed by atoms with E-state index in [4.69, 9.17) is 18.9 Å². The zero-order valence-electron chi connectivity index (χ0n) is 44.4. The van der Waals surface area contributed by atoms with Gasteiger partial charge in [-0.1, -0.05) is 53.4 Å². The second-order valence-electron chi connectivity index (χ2n) is 20.4.